The highest BCUT2D eigenvalue weighted by molar-refractivity contribution is 7.89. The molecule has 0 saturated heterocycles. The molecule has 5 N–H and O–H groups in total. The fraction of sp³-hybridized carbons (Fsp3) is 0.125. The third-order valence-corrected chi connectivity index (χ3v) is 4.74. The minimum absolute atomic E-state index is 0.122. The van der Waals surface area contributed by atoms with Crippen LogP contribution in [0.5, 0.6) is 0 Å². The van der Waals surface area contributed by atoms with Crippen molar-refractivity contribution in [3.8, 4) is 0 Å². The number of amides is 1. The summed E-state index contributed by atoms with van der Waals surface area (Å²) in [6, 6.07) is 12.5. The van der Waals surface area contributed by atoms with E-state index in [1.54, 1.807) is 0 Å². The first kappa shape index (κ1) is 18.4. The van der Waals surface area contributed by atoms with Gasteiger partial charge >= 0.3 is 5.97 Å². The van der Waals surface area contributed by atoms with Gasteiger partial charge in [-0.1, -0.05) is 30.3 Å². The van der Waals surface area contributed by atoms with E-state index < -0.39 is 38.9 Å². The molecular weight excluding hydrogens is 346 g/mol. The number of aromatic carboxylic acids is 1. The van der Waals surface area contributed by atoms with Crippen LogP contribution in [0, 0.1) is 0 Å². The molecule has 132 valence electrons. The fourth-order valence-corrected chi connectivity index (χ4v) is 3.21. The third kappa shape index (κ3) is 5.03. The van der Waals surface area contributed by atoms with Crippen LogP contribution in [-0.2, 0) is 21.4 Å². The van der Waals surface area contributed by atoms with Crippen LogP contribution in [0.2, 0.25) is 0 Å². The molecule has 9 heteroatoms. The average molecular weight is 363 g/mol. The highest BCUT2D eigenvalue weighted by Gasteiger charge is 2.23. The van der Waals surface area contributed by atoms with Crippen molar-refractivity contribution in [2.45, 2.75) is 11.4 Å². The van der Waals surface area contributed by atoms with E-state index >= 15 is 0 Å². The standard InChI is InChI=1S/C16H17N3O5S/c17-12-6-7-14(13(8-12)16(21)22)25(23,24)19-10-15(20)18-9-11-4-2-1-3-5-11/h1-8,19H,9-10,17H2,(H,18,20)(H,21,22). The van der Waals surface area contributed by atoms with Crippen molar-refractivity contribution in [2.24, 2.45) is 0 Å². The van der Waals surface area contributed by atoms with E-state index in [0.29, 0.717) is 0 Å². The summed E-state index contributed by atoms with van der Waals surface area (Å²) in [5.74, 6) is -1.97. The summed E-state index contributed by atoms with van der Waals surface area (Å²) in [6.45, 7) is -0.262. The number of rotatable bonds is 7. The summed E-state index contributed by atoms with van der Waals surface area (Å²) in [6.07, 6.45) is 0. The predicted octanol–water partition coefficient (Wildman–Crippen LogP) is 0.562. The zero-order valence-corrected chi connectivity index (χ0v) is 13.9. The summed E-state index contributed by atoms with van der Waals surface area (Å²) in [4.78, 5) is 22.5. The highest BCUT2D eigenvalue weighted by atomic mass is 32.2. The Morgan fingerprint density at radius 2 is 1.76 bits per heavy atom. The smallest absolute Gasteiger partial charge is 0.337 e. The maximum Gasteiger partial charge on any atom is 0.337 e. The van der Waals surface area contributed by atoms with Crippen molar-refractivity contribution in [1.82, 2.24) is 10.0 Å². The molecule has 0 heterocycles. The topological polar surface area (TPSA) is 139 Å². The molecule has 0 aliphatic heterocycles. The van der Waals surface area contributed by atoms with E-state index in [0.717, 1.165) is 17.7 Å². The first-order valence-corrected chi connectivity index (χ1v) is 8.71. The third-order valence-electron chi connectivity index (χ3n) is 3.28. The summed E-state index contributed by atoms with van der Waals surface area (Å²) >= 11 is 0. The molecule has 1 amide bonds. The molecule has 2 aromatic rings. The number of carboxylic acid groups (broad SMARTS) is 1. The quantitative estimate of drug-likeness (QED) is 0.530. The molecule has 8 nitrogen and oxygen atoms in total. The number of nitrogens with one attached hydrogen (secondary N) is 2. The van der Waals surface area contributed by atoms with Gasteiger partial charge in [-0.2, -0.15) is 0 Å². The fourth-order valence-electron chi connectivity index (χ4n) is 2.05. The largest absolute Gasteiger partial charge is 0.478 e. The second kappa shape index (κ2) is 7.77. The van der Waals surface area contributed by atoms with E-state index in [2.05, 4.69) is 10.0 Å². The monoisotopic (exact) mass is 363 g/mol. The molecule has 0 unspecified atom stereocenters. The van der Waals surface area contributed by atoms with Crippen LogP contribution >= 0.6 is 0 Å². The molecule has 0 fully saturated rings. The lowest BCUT2D eigenvalue weighted by Gasteiger charge is -2.10. The van der Waals surface area contributed by atoms with Gasteiger partial charge in [0.2, 0.25) is 15.9 Å². The summed E-state index contributed by atoms with van der Waals surface area (Å²) in [7, 11) is -4.18. The lowest BCUT2D eigenvalue weighted by molar-refractivity contribution is -0.120. The molecule has 0 aromatic heterocycles. The van der Waals surface area contributed by atoms with Crippen LogP contribution < -0.4 is 15.8 Å². The number of anilines is 1. The Morgan fingerprint density at radius 3 is 2.40 bits per heavy atom. The summed E-state index contributed by atoms with van der Waals surface area (Å²) in [5.41, 5.74) is 6.01. The highest BCUT2D eigenvalue weighted by Crippen LogP contribution is 2.18. The van der Waals surface area contributed by atoms with Crippen molar-refractivity contribution in [3.63, 3.8) is 0 Å². The Hall–Kier alpha value is -2.91. The maximum absolute atomic E-state index is 12.3. The number of sulfonamides is 1. The van der Waals surface area contributed by atoms with Crippen LogP contribution in [0.15, 0.2) is 53.4 Å². The van der Waals surface area contributed by atoms with Gasteiger partial charge in [-0.25, -0.2) is 17.9 Å². The Labute approximate surface area is 144 Å². The van der Waals surface area contributed by atoms with Crippen LogP contribution in [0.3, 0.4) is 0 Å². The van der Waals surface area contributed by atoms with Crippen LogP contribution in [0.1, 0.15) is 15.9 Å². The second-order valence-corrected chi connectivity index (χ2v) is 6.88. The van der Waals surface area contributed by atoms with Gasteiger partial charge < -0.3 is 16.2 Å². The first-order chi connectivity index (χ1) is 11.8. The van der Waals surface area contributed by atoms with Gasteiger partial charge in [0.1, 0.15) is 0 Å². The molecule has 2 rings (SSSR count). The number of hydrogen-bond acceptors (Lipinski definition) is 5. The van der Waals surface area contributed by atoms with Crippen molar-refractivity contribution in [1.29, 1.82) is 0 Å². The summed E-state index contributed by atoms with van der Waals surface area (Å²) in [5, 5.41) is 11.7. The van der Waals surface area contributed by atoms with Gasteiger partial charge in [0.25, 0.3) is 0 Å². The molecule has 0 bridgehead atoms. The van der Waals surface area contributed by atoms with Gasteiger partial charge in [-0.3, -0.25) is 4.79 Å². The van der Waals surface area contributed by atoms with Crippen LogP contribution in [0.4, 0.5) is 5.69 Å². The Bertz CT molecular complexity index is 882. The lowest BCUT2D eigenvalue weighted by Crippen LogP contribution is -2.37. The second-order valence-electron chi connectivity index (χ2n) is 5.15. The summed E-state index contributed by atoms with van der Waals surface area (Å²) < 4.78 is 26.6. The molecule has 0 aliphatic carbocycles. The van der Waals surface area contributed by atoms with Crippen molar-refractivity contribution in [3.05, 3.63) is 59.7 Å². The number of carboxylic acids is 1. The van der Waals surface area contributed by atoms with E-state index in [1.807, 2.05) is 30.3 Å². The minimum atomic E-state index is -4.18. The van der Waals surface area contributed by atoms with Gasteiger partial charge in [-0.05, 0) is 23.8 Å². The van der Waals surface area contributed by atoms with E-state index in [9.17, 15) is 18.0 Å². The van der Waals surface area contributed by atoms with Gasteiger partial charge in [0, 0.05) is 12.2 Å². The van der Waals surface area contributed by atoms with Gasteiger partial charge in [0.15, 0.2) is 0 Å². The van der Waals surface area contributed by atoms with Gasteiger partial charge in [0.05, 0.1) is 17.0 Å². The lowest BCUT2D eigenvalue weighted by atomic mass is 10.2. The van der Waals surface area contributed by atoms with E-state index in [-0.39, 0.29) is 12.2 Å². The molecule has 0 aliphatic rings. The minimum Gasteiger partial charge on any atom is -0.478 e. The number of nitrogens with two attached hydrogens (primary N) is 1. The molecule has 0 spiro atoms. The number of carbonyl (C=O) groups excluding carboxylic acids is 1. The molecule has 0 saturated carbocycles. The number of nitrogen functional groups attached to an aromatic ring is 1. The number of benzene rings is 2. The van der Waals surface area contributed by atoms with Crippen LogP contribution in [-0.4, -0.2) is 31.9 Å². The normalized spacial score (nSPS) is 11.0. The van der Waals surface area contributed by atoms with Gasteiger partial charge in [-0.15, -0.1) is 0 Å². The Kier molecular flexibility index (Phi) is 5.73. The van der Waals surface area contributed by atoms with Crippen LogP contribution in [0.25, 0.3) is 0 Å². The number of carbonyl (C=O) groups is 2. The molecule has 0 atom stereocenters. The molecule has 2 aromatic carbocycles. The Balaban J connectivity index is 2.02. The zero-order valence-electron chi connectivity index (χ0n) is 13.1. The zero-order chi connectivity index (χ0) is 18.4. The first-order valence-electron chi connectivity index (χ1n) is 7.23. The van der Waals surface area contributed by atoms with E-state index in [1.165, 1.54) is 6.07 Å². The Morgan fingerprint density at radius 1 is 1.08 bits per heavy atom. The average Bonchev–Trinajstić information content (AvgIpc) is 2.59. The maximum atomic E-state index is 12.3. The van der Waals surface area contributed by atoms with Crippen molar-refractivity contribution >= 4 is 27.6 Å². The SMILES string of the molecule is Nc1ccc(S(=O)(=O)NCC(=O)NCc2ccccc2)c(C(=O)O)c1. The van der Waals surface area contributed by atoms with Crippen molar-refractivity contribution < 1.29 is 23.1 Å². The number of hydrogen-bond donors (Lipinski definition) is 4. The molecule has 0 radical (unpaired) electrons. The predicted molar refractivity (Wildman–Crippen MR) is 91.3 cm³/mol. The van der Waals surface area contributed by atoms with Crippen molar-refractivity contribution in [2.75, 3.05) is 12.3 Å². The molecule has 25 heavy (non-hydrogen) atoms. The molecular formula is C16H17N3O5S. The van der Waals surface area contributed by atoms with E-state index in [4.69, 9.17) is 10.8 Å².